The summed E-state index contributed by atoms with van der Waals surface area (Å²) in [7, 11) is 6.37. The Morgan fingerprint density at radius 3 is 0.698 bits per heavy atom. The standard InChI is InChI=1S/C131H88N4O4/c1-7-21-107-73-109(57-46-100-43-41-98(42-44-100)38-35-95-25-14-10-15-26-95)75-110(74-107)63-64-117-88-130(138-5)127(131(89-117)139-6)68-66-125-122(92-134)84-116(85-123(125)93-135)62-55-104-34-20-32-102(70-104)53-60-114-77-113(59-52-101-31-19-33-103(69-101)54-61-115-82-120(90-132)124(121(83-115)91-133)65-67-126-128(136-3)86-108(22-8-2)87-129(126)137-4)80-119(81-114)72-106-50-48-105(49-51-106)71-118-78-111(56-45-96-27-16-11-17-28-96)76-112(79-118)58-47-99-39-36-97(37-40-99)30-18-29-94-23-12-9-13-24-94/h9-17,19-20,23-28,31-34,36-37,39-44,48-51,69-70,73-89H,18,29-30,65-68,71-72H2,1-6H3. The zero-order valence-electron chi connectivity index (χ0n) is 77.8. The van der Waals surface area contributed by atoms with E-state index in [0.717, 1.165) is 136 Å². The molecule has 15 aromatic carbocycles. The lowest BCUT2D eigenvalue weighted by molar-refractivity contribution is 0.385. The molecule has 0 heterocycles. The maximum Gasteiger partial charge on any atom is 0.127 e. The van der Waals surface area contributed by atoms with Crippen molar-refractivity contribution < 1.29 is 18.9 Å². The van der Waals surface area contributed by atoms with Crippen LogP contribution in [0.3, 0.4) is 0 Å². The molecule has 0 radical (unpaired) electrons. The largest absolute Gasteiger partial charge is 0.496 e. The van der Waals surface area contributed by atoms with Gasteiger partial charge in [-0.1, -0.05) is 234 Å². The first-order valence-electron chi connectivity index (χ1n) is 45.3. The molecule has 656 valence electrons. The van der Waals surface area contributed by atoms with E-state index in [2.05, 4.69) is 264 Å². The van der Waals surface area contributed by atoms with Gasteiger partial charge in [-0.25, -0.2) is 0 Å². The number of hydrogen-bond acceptors (Lipinski definition) is 8. The third-order valence-electron chi connectivity index (χ3n) is 22.8. The summed E-state index contributed by atoms with van der Waals surface area (Å²) in [5, 5.41) is 42.4. The SMILES string of the molecule is CC#Cc1cc(C#Cc2ccc(C#Cc3ccccc3)cc2)cc(C#Cc2cc(OC)c(CCc3c(C#N)cc(C#Cc4cccc(C#Cc5cc(C#Cc6cccc(C#Cc7cc(C#N)c(CCc8c(OC)cc(C#CC)cc8OC)c(C#N)c7)c6)cc(Cc6ccc(Cc7cc(C#Cc8ccccc8)cc(C#Cc8ccc(CCCc9ccccc9)cc8)c7)cc6)c5)c4)cc3C#N)c(OC)c2)c1. The average Bonchev–Trinajstić information content (AvgIpc) is 0.806. The van der Waals surface area contributed by atoms with Crippen molar-refractivity contribution in [2.75, 3.05) is 28.4 Å². The Kier molecular flexibility index (Phi) is 32.3. The predicted molar refractivity (Wildman–Crippen MR) is 553 cm³/mol. The van der Waals surface area contributed by atoms with Crippen LogP contribution >= 0.6 is 0 Å². The van der Waals surface area contributed by atoms with Gasteiger partial charge in [0.15, 0.2) is 0 Å². The molecule has 0 amide bonds. The van der Waals surface area contributed by atoms with Crippen molar-refractivity contribution in [3.63, 3.8) is 0 Å². The molecule has 0 aliphatic heterocycles. The van der Waals surface area contributed by atoms with E-state index >= 15 is 0 Å². The van der Waals surface area contributed by atoms with Crippen LogP contribution in [0.1, 0.15) is 209 Å². The predicted octanol–water partition coefficient (Wildman–Crippen LogP) is 23.5. The Morgan fingerprint density at radius 2 is 0.396 bits per heavy atom. The van der Waals surface area contributed by atoms with Gasteiger partial charge in [0, 0.05) is 122 Å². The van der Waals surface area contributed by atoms with E-state index in [1.807, 2.05) is 182 Å². The average molecular weight is 1780 g/mol. The molecule has 0 bridgehead atoms. The molecule has 0 fully saturated rings. The summed E-state index contributed by atoms with van der Waals surface area (Å²) in [6.07, 6.45) is 5.89. The monoisotopic (exact) mass is 1780 g/mol. The second-order valence-corrected chi connectivity index (χ2v) is 32.6. The topological polar surface area (TPSA) is 132 Å². The minimum Gasteiger partial charge on any atom is -0.496 e. The first kappa shape index (κ1) is 94.3. The van der Waals surface area contributed by atoms with Crippen molar-refractivity contribution in [3.05, 3.63) is 505 Å². The number of ether oxygens (including phenoxy) is 4. The molecule has 15 rings (SSSR count). The van der Waals surface area contributed by atoms with Crippen molar-refractivity contribution in [1.29, 1.82) is 21.0 Å². The summed E-state index contributed by atoms with van der Waals surface area (Å²) < 4.78 is 23.5. The van der Waals surface area contributed by atoms with E-state index in [1.165, 1.54) is 11.1 Å². The fourth-order valence-corrected chi connectivity index (χ4v) is 16.0. The van der Waals surface area contributed by atoms with Crippen LogP contribution in [0, 0.1) is 176 Å². The van der Waals surface area contributed by atoms with Crippen molar-refractivity contribution in [2.45, 2.75) is 71.6 Å². The van der Waals surface area contributed by atoms with Crippen LogP contribution in [-0.4, -0.2) is 28.4 Å². The summed E-state index contributed by atoms with van der Waals surface area (Å²) in [4.78, 5) is 0. The van der Waals surface area contributed by atoms with Crippen LogP contribution < -0.4 is 18.9 Å². The van der Waals surface area contributed by atoms with Gasteiger partial charge >= 0.3 is 0 Å². The first-order valence-corrected chi connectivity index (χ1v) is 45.3. The molecule has 0 unspecified atom stereocenters. The van der Waals surface area contributed by atoms with Crippen LogP contribution in [0.5, 0.6) is 23.0 Å². The van der Waals surface area contributed by atoms with Crippen LogP contribution in [0.25, 0.3) is 0 Å². The van der Waals surface area contributed by atoms with E-state index in [4.69, 9.17) is 18.9 Å². The van der Waals surface area contributed by atoms with Crippen LogP contribution in [0.15, 0.2) is 315 Å². The highest BCUT2D eigenvalue weighted by Crippen LogP contribution is 2.36. The summed E-state index contributed by atoms with van der Waals surface area (Å²) in [6.45, 7) is 3.56. The van der Waals surface area contributed by atoms with E-state index in [9.17, 15) is 21.0 Å². The van der Waals surface area contributed by atoms with Gasteiger partial charge < -0.3 is 18.9 Å². The van der Waals surface area contributed by atoms with Gasteiger partial charge in [-0.15, -0.1) is 11.8 Å². The molecule has 0 aliphatic rings. The molecular weight excluding hydrogens is 1690 g/mol. The third kappa shape index (κ3) is 26.7. The molecular formula is C131H88N4O4. The molecule has 8 heteroatoms. The Hall–Kier alpha value is -19.4. The van der Waals surface area contributed by atoms with E-state index in [0.29, 0.717) is 123 Å². The van der Waals surface area contributed by atoms with E-state index < -0.39 is 0 Å². The number of nitrogens with zero attached hydrogens (tertiary/aromatic N) is 4. The summed E-state index contributed by atoms with van der Waals surface area (Å²) in [5.41, 5.74) is 26.5. The Balaban J connectivity index is 0.668. The molecule has 0 N–H and O–H groups in total. The van der Waals surface area contributed by atoms with Gasteiger partial charge in [0.2, 0.25) is 0 Å². The lowest BCUT2D eigenvalue weighted by Crippen LogP contribution is -2.03. The number of nitriles is 4. The number of aryl methyl sites for hydroxylation is 2. The minimum atomic E-state index is 0.323. The van der Waals surface area contributed by atoms with Gasteiger partial charge in [-0.3, -0.25) is 0 Å². The van der Waals surface area contributed by atoms with Crippen molar-refractivity contribution in [1.82, 2.24) is 0 Å². The van der Waals surface area contributed by atoms with E-state index in [1.54, 1.807) is 66.6 Å². The lowest BCUT2D eigenvalue weighted by atomic mass is 9.93. The zero-order chi connectivity index (χ0) is 96.3. The molecule has 0 aromatic heterocycles. The molecule has 0 saturated heterocycles. The third-order valence-corrected chi connectivity index (χ3v) is 22.8. The van der Waals surface area contributed by atoms with Gasteiger partial charge in [-0.05, 0) is 316 Å². The van der Waals surface area contributed by atoms with Crippen LogP contribution in [-0.2, 0) is 51.4 Å². The summed E-state index contributed by atoms with van der Waals surface area (Å²) >= 11 is 0. The second-order valence-electron chi connectivity index (χ2n) is 32.6. The van der Waals surface area contributed by atoms with Gasteiger partial charge in [-0.2, -0.15) is 21.0 Å². The fraction of sp³-hybridized carbons (Fsp3) is 0.115. The number of rotatable bonds is 18. The summed E-state index contributed by atoms with van der Waals surface area (Å²) in [6, 6.07) is 113. The molecule has 15 aromatic rings. The quantitative estimate of drug-likeness (QED) is 0.0776. The molecule has 139 heavy (non-hydrogen) atoms. The van der Waals surface area contributed by atoms with Crippen molar-refractivity contribution >= 4 is 0 Å². The number of benzene rings is 15. The van der Waals surface area contributed by atoms with Crippen molar-refractivity contribution in [2.24, 2.45) is 0 Å². The van der Waals surface area contributed by atoms with Crippen LogP contribution in [0.2, 0.25) is 0 Å². The van der Waals surface area contributed by atoms with Crippen LogP contribution in [0.4, 0.5) is 0 Å². The maximum atomic E-state index is 10.7. The summed E-state index contributed by atoms with van der Waals surface area (Å²) in [5.74, 6) is 74.5. The maximum absolute atomic E-state index is 10.7. The molecule has 0 saturated carbocycles. The number of hydrogen-bond donors (Lipinski definition) is 0. The van der Waals surface area contributed by atoms with Gasteiger partial charge in [0.05, 0.1) is 75.0 Å². The van der Waals surface area contributed by atoms with Gasteiger partial charge in [0.25, 0.3) is 0 Å². The highest BCUT2D eigenvalue weighted by molar-refractivity contribution is 5.65. The smallest absolute Gasteiger partial charge is 0.127 e. The molecule has 8 nitrogen and oxygen atoms in total. The fourth-order valence-electron chi connectivity index (χ4n) is 16.0. The van der Waals surface area contributed by atoms with Crippen molar-refractivity contribution in [3.8, 4) is 178 Å². The Bertz CT molecular complexity index is 8050. The molecule has 0 atom stereocenters. The lowest BCUT2D eigenvalue weighted by Gasteiger charge is -2.15. The number of methoxy groups -OCH3 is 4. The Labute approximate surface area is 816 Å². The van der Waals surface area contributed by atoms with Gasteiger partial charge in [0.1, 0.15) is 23.0 Å². The normalized spacial score (nSPS) is 9.83. The van der Waals surface area contributed by atoms with E-state index in [-0.39, 0.29) is 0 Å². The second kappa shape index (κ2) is 47.6. The zero-order valence-corrected chi connectivity index (χ0v) is 77.8. The highest BCUT2D eigenvalue weighted by Gasteiger charge is 2.20. The highest BCUT2D eigenvalue weighted by atomic mass is 16.5. The molecule has 0 aliphatic carbocycles. The Morgan fingerprint density at radius 1 is 0.180 bits per heavy atom. The first-order chi connectivity index (χ1) is 68.2. The molecule has 0 spiro atoms. The minimum absolute atomic E-state index is 0.323.